The van der Waals surface area contributed by atoms with Crippen molar-refractivity contribution < 1.29 is 0 Å². The quantitative estimate of drug-likeness (QED) is 0.840. The lowest BCUT2D eigenvalue weighted by atomic mass is 10.1. The second kappa shape index (κ2) is 6.18. The van der Waals surface area contributed by atoms with Gasteiger partial charge in [0.15, 0.2) is 0 Å². The fraction of sp³-hybridized carbons (Fsp3) is 0.600. The third-order valence-corrected chi connectivity index (χ3v) is 3.38. The zero-order chi connectivity index (χ0) is 12.1. The maximum Gasteiger partial charge on any atom is 0.0451 e. The Bertz CT molecular complexity index is 315. The van der Waals surface area contributed by atoms with Crippen LogP contribution in [0.2, 0.25) is 0 Å². The molecular formula is C15H24N2. The number of hydrogen-bond donors (Lipinski definition) is 1. The van der Waals surface area contributed by atoms with Crippen molar-refractivity contribution >= 4 is 0 Å². The Kier molecular flexibility index (Phi) is 4.57. The van der Waals surface area contributed by atoms with E-state index in [2.05, 4.69) is 54.4 Å². The van der Waals surface area contributed by atoms with E-state index in [0.717, 1.165) is 6.54 Å². The molecule has 0 radical (unpaired) electrons. The number of rotatable bonds is 5. The number of nitrogens with one attached hydrogen (secondary N) is 1. The van der Waals surface area contributed by atoms with Gasteiger partial charge in [0.05, 0.1) is 0 Å². The second-order valence-electron chi connectivity index (χ2n) is 5.29. The fourth-order valence-corrected chi connectivity index (χ4v) is 2.57. The number of benzene rings is 1. The van der Waals surface area contributed by atoms with Gasteiger partial charge in [0.2, 0.25) is 0 Å². The van der Waals surface area contributed by atoms with Gasteiger partial charge in [0.1, 0.15) is 0 Å². The molecule has 0 saturated carbocycles. The summed E-state index contributed by atoms with van der Waals surface area (Å²) < 4.78 is 0. The molecule has 0 aliphatic carbocycles. The van der Waals surface area contributed by atoms with Crippen LogP contribution in [0, 0.1) is 0 Å². The maximum atomic E-state index is 3.68. The third-order valence-electron chi connectivity index (χ3n) is 3.38. The van der Waals surface area contributed by atoms with Crippen LogP contribution >= 0.6 is 0 Å². The number of nitrogens with zero attached hydrogens (tertiary/aromatic N) is 1. The predicted molar refractivity (Wildman–Crippen MR) is 73.1 cm³/mol. The van der Waals surface area contributed by atoms with E-state index in [-0.39, 0.29) is 0 Å². The molecule has 1 aromatic rings. The van der Waals surface area contributed by atoms with E-state index in [1.54, 1.807) is 0 Å². The molecule has 2 heteroatoms. The first-order chi connectivity index (χ1) is 8.25. The van der Waals surface area contributed by atoms with Crippen molar-refractivity contribution in [2.75, 3.05) is 19.6 Å². The van der Waals surface area contributed by atoms with Gasteiger partial charge in [-0.05, 0) is 31.5 Å². The Morgan fingerprint density at radius 2 is 1.76 bits per heavy atom. The average molecular weight is 232 g/mol. The normalized spacial score (nSPS) is 18.8. The highest BCUT2D eigenvalue weighted by Gasteiger charge is 2.19. The van der Waals surface area contributed by atoms with Crippen molar-refractivity contribution in [3.05, 3.63) is 35.9 Å². The summed E-state index contributed by atoms with van der Waals surface area (Å²) in [7, 11) is 0. The summed E-state index contributed by atoms with van der Waals surface area (Å²) in [5.41, 5.74) is 1.41. The molecule has 1 saturated heterocycles. The van der Waals surface area contributed by atoms with Crippen molar-refractivity contribution in [3.63, 3.8) is 0 Å². The molecule has 0 unspecified atom stereocenters. The molecule has 0 aromatic heterocycles. The first-order valence-corrected chi connectivity index (χ1v) is 6.79. The highest BCUT2D eigenvalue weighted by molar-refractivity contribution is 5.19. The average Bonchev–Trinajstić information content (AvgIpc) is 2.82. The van der Waals surface area contributed by atoms with Crippen molar-refractivity contribution in [2.24, 2.45) is 0 Å². The Morgan fingerprint density at radius 3 is 2.35 bits per heavy atom. The lowest BCUT2D eigenvalue weighted by Gasteiger charge is -2.26. The standard InChI is InChI=1S/C15H24N2/c1-13(2)16-15(12-17-10-6-7-11-17)14-8-4-3-5-9-14/h3-5,8-9,13,15-16H,6-7,10-12H2,1-2H3/t15-/m1/s1. The molecule has 0 amide bonds. The van der Waals surface area contributed by atoms with Gasteiger partial charge in [-0.25, -0.2) is 0 Å². The van der Waals surface area contributed by atoms with Crippen molar-refractivity contribution in [3.8, 4) is 0 Å². The topological polar surface area (TPSA) is 15.3 Å². The van der Waals surface area contributed by atoms with Gasteiger partial charge in [0, 0.05) is 18.6 Å². The molecule has 2 rings (SSSR count). The van der Waals surface area contributed by atoms with Crippen LogP contribution in [0.15, 0.2) is 30.3 Å². The molecule has 0 spiro atoms. The Labute approximate surface area is 105 Å². The molecule has 94 valence electrons. The summed E-state index contributed by atoms with van der Waals surface area (Å²) in [5, 5.41) is 3.68. The smallest absolute Gasteiger partial charge is 0.0451 e. The highest BCUT2D eigenvalue weighted by atomic mass is 15.2. The largest absolute Gasteiger partial charge is 0.307 e. The van der Waals surface area contributed by atoms with Gasteiger partial charge in [-0.3, -0.25) is 0 Å². The van der Waals surface area contributed by atoms with Gasteiger partial charge in [0.25, 0.3) is 0 Å². The first kappa shape index (κ1) is 12.6. The fourth-order valence-electron chi connectivity index (χ4n) is 2.57. The third kappa shape index (κ3) is 3.83. The lowest BCUT2D eigenvalue weighted by Crippen LogP contribution is -2.36. The summed E-state index contributed by atoms with van der Waals surface area (Å²) in [5.74, 6) is 0. The van der Waals surface area contributed by atoms with E-state index in [4.69, 9.17) is 0 Å². The summed E-state index contributed by atoms with van der Waals surface area (Å²) >= 11 is 0. The van der Waals surface area contributed by atoms with Crippen LogP contribution in [-0.4, -0.2) is 30.6 Å². The second-order valence-corrected chi connectivity index (χ2v) is 5.29. The van der Waals surface area contributed by atoms with Gasteiger partial charge in [-0.2, -0.15) is 0 Å². The van der Waals surface area contributed by atoms with Crippen LogP contribution in [0.25, 0.3) is 0 Å². The molecule has 17 heavy (non-hydrogen) atoms. The zero-order valence-electron chi connectivity index (χ0n) is 11.0. The molecule has 1 N–H and O–H groups in total. The first-order valence-electron chi connectivity index (χ1n) is 6.79. The van der Waals surface area contributed by atoms with Crippen molar-refractivity contribution in [1.82, 2.24) is 10.2 Å². The SMILES string of the molecule is CC(C)N[C@H](CN1CCCC1)c1ccccc1. The van der Waals surface area contributed by atoms with Gasteiger partial charge < -0.3 is 10.2 Å². The molecule has 1 heterocycles. The van der Waals surface area contributed by atoms with E-state index < -0.39 is 0 Å². The Hall–Kier alpha value is -0.860. The van der Waals surface area contributed by atoms with Crippen molar-refractivity contribution in [1.29, 1.82) is 0 Å². The molecule has 1 fully saturated rings. The zero-order valence-corrected chi connectivity index (χ0v) is 11.0. The van der Waals surface area contributed by atoms with E-state index >= 15 is 0 Å². The predicted octanol–water partition coefficient (Wildman–Crippen LogP) is 2.82. The molecule has 0 bridgehead atoms. The molecular weight excluding hydrogens is 208 g/mol. The van der Waals surface area contributed by atoms with E-state index in [9.17, 15) is 0 Å². The van der Waals surface area contributed by atoms with Crippen LogP contribution in [0.4, 0.5) is 0 Å². The highest BCUT2D eigenvalue weighted by Crippen LogP contribution is 2.18. The van der Waals surface area contributed by atoms with Gasteiger partial charge >= 0.3 is 0 Å². The van der Waals surface area contributed by atoms with Crippen LogP contribution in [0.1, 0.15) is 38.3 Å². The summed E-state index contributed by atoms with van der Waals surface area (Å²) in [6.07, 6.45) is 2.73. The minimum absolute atomic E-state index is 0.467. The van der Waals surface area contributed by atoms with E-state index in [1.165, 1.54) is 31.5 Å². The summed E-state index contributed by atoms with van der Waals surface area (Å²) in [6, 6.07) is 11.8. The van der Waals surface area contributed by atoms with E-state index in [1.807, 2.05) is 0 Å². The number of likely N-dealkylation sites (tertiary alicyclic amines) is 1. The Balaban J connectivity index is 2.02. The molecule has 1 aliphatic rings. The maximum absolute atomic E-state index is 3.68. The number of hydrogen-bond acceptors (Lipinski definition) is 2. The molecule has 1 aromatic carbocycles. The van der Waals surface area contributed by atoms with Crippen LogP contribution < -0.4 is 5.32 Å². The van der Waals surface area contributed by atoms with Gasteiger partial charge in [-0.1, -0.05) is 44.2 Å². The van der Waals surface area contributed by atoms with Crippen LogP contribution in [-0.2, 0) is 0 Å². The van der Waals surface area contributed by atoms with Crippen LogP contribution in [0.3, 0.4) is 0 Å². The molecule has 2 nitrogen and oxygen atoms in total. The Morgan fingerprint density at radius 1 is 1.12 bits per heavy atom. The minimum atomic E-state index is 0.467. The lowest BCUT2D eigenvalue weighted by molar-refractivity contribution is 0.284. The molecule has 1 atom stereocenters. The van der Waals surface area contributed by atoms with E-state index in [0.29, 0.717) is 12.1 Å². The van der Waals surface area contributed by atoms with Crippen molar-refractivity contribution in [2.45, 2.75) is 38.8 Å². The summed E-state index contributed by atoms with van der Waals surface area (Å²) in [4.78, 5) is 2.58. The van der Waals surface area contributed by atoms with Crippen LogP contribution in [0.5, 0.6) is 0 Å². The monoisotopic (exact) mass is 232 g/mol. The molecule has 1 aliphatic heterocycles. The summed E-state index contributed by atoms with van der Waals surface area (Å²) in [6.45, 7) is 8.12. The minimum Gasteiger partial charge on any atom is -0.307 e. The van der Waals surface area contributed by atoms with Gasteiger partial charge in [-0.15, -0.1) is 0 Å².